The maximum absolute atomic E-state index is 13.2. The Labute approximate surface area is 119 Å². The molecule has 0 saturated heterocycles. The van der Waals surface area contributed by atoms with Crippen LogP contribution in [-0.4, -0.2) is 11.5 Å². The van der Waals surface area contributed by atoms with E-state index in [9.17, 15) is 17.6 Å². The topological polar surface area (TPSA) is 9.23 Å². The summed E-state index contributed by atoms with van der Waals surface area (Å²) in [5, 5.41) is -0.0555. The summed E-state index contributed by atoms with van der Waals surface area (Å²) in [6.45, 7) is 3.89. The first kappa shape index (κ1) is 15.4. The van der Waals surface area contributed by atoms with Gasteiger partial charge in [0.05, 0.1) is 5.56 Å². The third kappa shape index (κ3) is 2.60. The van der Waals surface area contributed by atoms with E-state index >= 15 is 0 Å². The highest BCUT2D eigenvalue weighted by atomic mass is 35.5. The van der Waals surface area contributed by atoms with E-state index < -0.39 is 17.6 Å². The van der Waals surface area contributed by atoms with Crippen molar-refractivity contribution in [2.45, 2.75) is 44.3 Å². The van der Waals surface area contributed by atoms with E-state index in [1.807, 2.05) is 13.8 Å². The van der Waals surface area contributed by atoms with Gasteiger partial charge in [0.15, 0.2) is 0 Å². The Bertz CT molecular complexity index is 502. The Morgan fingerprint density at radius 2 is 2.05 bits per heavy atom. The second-order valence-electron chi connectivity index (χ2n) is 5.31. The van der Waals surface area contributed by atoms with Crippen molar-refractivity contribution >= 4 is 11.6 Å². The maximum atomic E-state index is 13.2. The molecule has 1 fully saturated rings. The van der Waals surface area contributed by atoms with Crippen LogP contribution < -0.4 is 4.74 Å². The number of hydrogen-bond acceptors (Lipinski definition) is 1. The molecule has 1 saturated carbocycles. The van der Waals surface area contributed by atoms with Gasteiger partial charge in [-0.05, 0) is 24.6 Å². The Kier molecular flexibility index (Phi) is 3.93. The third-order valence-corrected chi connectivity index (χ3v) is 4.83. The predicted octanol–water partition coefficient (Wildman–Crippen LogP) is 5.02. The van der Waals surface area contributed by atoms with E-state index in [4.69, 9.17) is 16.3 Å². The van der Waals surface area contributed by atoms with E-state index in [0.717, 1.165) is 12.5 Å². The summed E-state index contributed by atoms with van der Waals surface area (Å²) >= 11 is 6.13. The summed E-state index contributed by atoms with van der Waals surface area (Å²) in [4.78, 5) is 0. The zero-order valence-electron chi connectivity index (χ0n) is 11.1. The number of rotatable bonds is 3. The van der Waals surface area contributed by atoms with Crippen LogP contribution in [0.2, 0.25) is 0 Å². The van der Waals surface area contributed by atoms with Gasteiger partial charge in [0.1, 0.15) is 17.7 Å². The summed E-state index contributed by atoms with van der Waals surface area (Å²) in [5.74, 6) is -1.28. The minimum atomic E-state index is -4.73. The van der Waals surface area contributed by atoms with Gasteiger partial charge in [-0.15, -0.1) is 11.6 Å². The van der Waals surface area contributed by atoms with Crippen molar-refractivity contribution in [3.63, 3.8) is 0 Å². The van der Waals surface area contributed by atoms with Gasteiger partial charge in [0.2, 0.25) is 0 Å². The lowest BCUT2D eigenvalue weighted by Crippen LogP contribution is -2.55. The molecule has 0 amide bonds. The van der Waals surface area contributed by atoms with E-state index in [1.165, 1.54) is 6.07 Å². The monoisotopic (exact) mass is 310 g/mol. The highest BCUT2D eigenvalue weighted by molar-refractivity contribution is 6.21. The number of hydrogen-bond donors (Lipinski definition) is 0. The summed E-state index contributed by atoms with van der Waals surface area (Å²) in [6, 6.07) is 2.69. The molecule has 112 valence electrons. The molecule has 2 rings (SSSR count). The molecule has 3 unspecified atom stereocenters. The highest BCUT2D eigenvalue weighted by Crippen LogP contribution is 2.49. The highest BCUT2D eigenvalue weighted by Gasteiger charge is 2.51. The van der Waals surface area contributed by atoms with Gasteiger partial charge in [0.25, 0.3) is 0 Å². The Balaban J connectivity index is 2.20. The molecule has 1 nitrogen and oxygen atoms in total. The van der Waals surface area contributed by atoms with E-state index in [1.54, 1.807) is 0 Å². The van der Waals surface area contributed by atoms with Crippen molar-refractivity contribution in [3.8, 4) is 5.75 Å². The largest absolute Gasteiger partial charge is 0.490 e. The van der Waals surface area contributed by atoms with Crippen LogP contribution in [0.4, 0.5) is 17.6 Å². The van der Waals surface area contributed by atoms with Crippen LogP contribution in [0.25, 0.3) is 0 Å². The third-order valence-electron chi connectivity index (χ3n) is 4.16. The zero-order chi connectivity index (χ0) is 15.1. The van der Waals surface area contributed by atoms with Crippen LogP contribution in [0.15, 0.2) is 18.2 Å². The van der Waals surface area contributed by atoms with Crippen LogP contribution in [-0.2, 0) is 6.18 Å². The van der Waals surface area contributed by atoms with Gasteiger partial charge >= 0.3 is 6.18 Å². The first-order chi connectivity index (χ1) is 9.18. The van der Waals surface area contributed by atoms with Crippen molar-refractivity contribution in [3.05, 3.63) is 29.6 Å². The van der Waals surface area contributed by atoms with Crippen molar-refractivity contribution < 1.29 is 22.3 Å². The average Bonchev–Trinajstić information content (AvgIpc) is 2.38. The molecule has 0 aromatic heterocycles. The lowest BCUT2D eigenvalue weighted by Gasteiger charge is -2.50. The van der Waals surface area contributed by atoms with Gasteiger partial charge in [-0.3, -0.25) is 0 Å². The van der Waals surface area contributed by atoms with E-state index in [-0.39, 0.29) is 22.6 Å². The van der Waals surface area contributed by atoms with Gasteiger partial charge in [-0.1, -0.05) is 13.8 Å². The van der Waals surface area contributed by atoms with Gasteiger partial charge in [-0.2, -0.15) is 13.2 Å². The first-order valence-corrected chi connectivity index (χ1v) is 6.79. The minimum absolute atomic E-state index is 0.0203. The maximum Gasteiger partial charge on any atom is 0.419 e. The standard InChI is InChI=1S/C14H15ClF4O/c1-3-13(2)11(15)7-12(13)20-8-4-5-10(16)9(6-8)14(17,18)19/h4-6,11-12H,3,7H2,1-2H3. The van der Waals surface area contributed by atoms with Crippen LogP contribution in [0.3, 0.4) is 0 Å². The molecule has 1 aliphatic rings. The van der Waals surface area contributed by atoms with Crippen LogP contribution in [0.5, 0.6) is 5.75 Å². The van der Waals surface area contributed by atoms with Crippen molar-refractivity contribution in [2.75, 3.05) is 0 Å². The fraction of sp³-hybridized carbons (Fsp3) is 0.571. The normalized spacial score (nSPS) is 29.9. The van der Waals surface area contributed by atoms with Crippen LogP contribution in [0.1, 0.15) is 32.3 Å². The molecule has 0 spiro atoms. The molecular weight excluding hydrogens is 296 g/mol. The van der Waals surface area contributed by atoms with Gasteiger partial charge < -0.3 is 4.74 Å². The summed E-state index contributed by atoms with van der Waals surface area (Å²) in [6.07, 6.45) is -3.64. The SMILES string of the molecule is CCC1(C)C(Cl)CC1Oc1ccc(F)c(C(F)(F)F)c1. The average molecular weight is 311 g/mol. The molecule has 1 aliphatic carbocycles. The number of benzene rings is 1. The molecule has 0 bridgehead atoms. The Hall–Kier alpha value is -0.970. The van der Waals surface area contributed by atoms with Gasteiger partial charge in [-0.25, -0.2) is 4.39 Å². The number of alkyl halides is 4. The van der Waals surface area contributed by atoms with E-state index in [2.05, 4.69) is 0 Å². The lowest BCUT2D eigenvalue weighted by molar-refractivity contribution is -0.140. The van der Waals surface area contributed by atoms with Crippen LogP contribution >= 0.6 is 11.6 Å². The lowest BCUT2D eigenvalue weighted by atomic mass is 9.65. The summed E-state index contributed by atoms with van der Waals surface area (Å²) in [5.41, 5.74) is -1.58. The number of halogens is 5. The molecule has 0 aliphatic heterocycles. The molecule has 20 heavy (non-hydrogen) atoms. The predicted molar refractivity (Wildman–Crippen MR) is 68.5 cm³/mol. The van der Waals surface area contributed by atoms with E-state index in [0.29, 0.717) is 12.5 Å². The van der Waals surface area contributed by atoms with Crippen molar-refractivity contribution in [1.29, 1.82) is 0 Å². The second-order valence-corrected chi connectivity index (χ2v) is 5.84. The molecule has 0 N–H and O–H groups in total. The molecule has 1 aromatic carbocycles. The van der Waals surface area contributed by atoms with Gasteiger partial charge in [0, 0.05) is 17.2 Å². The fourth-order valence-corrected chi connectivity index (χ4v) is 2.82. The minimum Gasteiger partial charge on any atom is -0.490 e. The fourth-order valence-electron chi connectivity index (χ4n) is 2.36. The quantitative estimate of drug-likeness (QED) is 0.562. The van der Waals surface area contributed by atoms with Crippen molar-refractivity contribution in [2.24, 2.45) is 5.41 Å². The molecule has 0 radical (unpaired) electrons. The smallest absolute Gasteiger partial charge is 0.419 e. The van der Waals surface area contributed by atoms with Crippen molar-refractivity contribution in [1.82, 2.24) is 0 Å². The molecule has 1 aromatic rings. The first-order valence-electron chi connectivity index (χ1n) is 6.36. The zero-order valence-corrected chi connectivity index (χ0v) is 11.9. The molecule has 3 atom stereocenters. The summed E-state index contributed by atoms with van der Waals surface area (Å²) < 4.78 is 56.6. The number of ether oxygens (including phenoxy) is 1. The summed E-state index contributed by atoms with van der Waals surface area (Å²) in [7, 11) is 0. The molecule has 6 heteroatoms. The second kappa shape index (κ2) is 5.10. The molecule has 0 heterocycles. The Morgan fingerprint density at radius 3 is 2.55 bits per heavy atom. The van der Waals surface area contributed by atoms with Crippen LogP contribution in [0, 0.1) is 11.2 Å². The Morgan fingerprint density at radius 1 is 1.40 bits per heavy atom. The molecular formula is C14H15ClF4O.